The van der Waals surface area contributed by atoms with Crippen LogP contribution in [0.5, 0.6) is 0 Å². The number of nitrogens with two attached hydrogens (primary N) is 1. The van der Waals surface area contributed by atoms with E-state index in [9.17, 15) is 4.79 Å². The standard InChI is InChI=1S/C19H17ClN4O/c20-12-9-7-11(8-10-12)14-5-2-6-15-16(21)18(24-23-17(14)15)19(25)22-13-3-1-4-13/h2,5-10,13H,1,3-4H2,(H2,21,23)(H,22,25). The number of hydrogen-bond donors (Lipinski definition) is 2. The summed E-state index contributed by atoms with van der Waals surface area (Å²) < 4.78 is 0. The second kappa shape index (κ2) is 6.33. The summed E-state index contributed by atoms with van der Waals surface area (Å²) in [6.45, 7) is 0. The second-order valence-electron chi connectivity index (χ2n) is 6.27. The molecule has 1 heterocycles. The first-order chi connectivity index (χ1) is 12.1. The van der Waals surface area contributed by atoms with E-state index in [1.165, 1.54) is 0 Å². The van der Waals surface area contributed by atoms with Crippen molar-refractivity contribution in [3.8, 4) is 11.1 Å². The molecule has 126 valence electrons. The van der Waals surface area contributed by atoms with Gasteiger partial charge in [-0.05, 0) is 37.0 Å². The summed E-state index contributed by atoms with van der Waals surface area (Å²) >= 11 is 5.96. The van der Waals surface area contributed by atoms with Gasteiger partial charge in [0.1, 0.15) is 5.52 Å². The van der Waals surface area contributed by atoms with Gasteiger partial charge in [0.05, 0.1) is 5.69 Å². The van der Waals surface area contributed by atoms with Crippen molar-refractivity contribution in [2.24, 2.45) is 0 Å². The first-order valence-corrected chi connectivity index (χ1v) is 8.63. The van der Waals surface area contributed by atoms with Crippen molar-refractivity contribution in [3.63, 3.8) is 0 Å². The molecule has 6 heteroatoms. The van der Waals surface area contributed by atoms with Crippen LogP contribution in [0.1, 0.15) is 29.8 Å². The predicted octanol–water partition coefficient (Wildman–Crippen LogP) is 3.81. The van der Waals surface area contributed by atoms with Gasteiger partial charge in [0.2, 0.25) is 0 Å². The zero-order valence-electron chi connectivity index (χ0n) is 13.5. The molecule has 5 nitrogen and oxygen atoms in total. The third-order valence-corrected chi connectivity index (χ3v) is 4.89. The molecule has 0 radical (unpaired) electrons. The van der Waals surface area contributed by atoms with Crippen LogP contribution in [0.2, 0.25) is 5.02 Å². The number of aromatic nitrogens is 2. The van der Waals surface area contributed by atoms with Crippen molar-refractivity contribution < 1.29 is 4.79 Å². The lowest BCUT2D eigenvalue weighted by molar-refractivity contribution is 0.0912. The minimum Gasteiger partial charge on any atom is -0.396 e. The fraction of sp³-hybridized carbons (Fsp3) is 0.211. The van der Waals surface area contributed by atoms with Crippen LogP contribution in [-0.2, 0) is 0 Å². The third-order valence-electron chi connectivity index (χ3n) is 4.64. The molecule has 4 rings (SSSR count). The lowest BCUT2D eigenvalue weighted by Gasteiger charge is -2.26. The Labute approximate surface area is 150 Å². The number of amides is 1. The number of nitrogens with one attached hydrogen (secondary N) is 1. The van der Waals surface area contributed by atoms with E-state index in [2.05, 4.69) is 15.5 Å². The number of carbonyl (C=O) groups is 1. The molecule has 1 fully saturated rings. The van der Waals surface area contributed by atoms with Gasteiger partial charge in [0, 0.05) is 22.0 Å². The monoisotopic (exact) mass is 352 g/mol. The molecule has 0 atom stereocenters. The van der Waals surface area contributed by atoms with Crippen LogP contribution in [0.3, 0.4) is 0 Å². The van der Waals surface area contributed by atoms with Crippen LogP contribution in [0.4, 0.5) is 5.69 Å². The molecule has 0 unspecified atom stereocenters. The highest BCUT2D eigenvalue weighted by atomic mass is 35.5. The largest absolute Gasteiger partial charge is 0.396 e. The van der Waals surface area contributed by atoms with Crippen LogP contribution >= 0.6 is 11.6 Å². The molecule has 0 saturated heterocycles. The molecule has 3 N–H and O–H groups in total. The highest BCUT2D eigenvalue weighted by Crippen LogP contribution is 2.31. The van der Waals surface area contributed by atoms with Crippen LogP contribution < -0.4 is 11.1 Å². The van der Waals surface area contributed by atoms with Gasteiger partial charge in [-0.15, -0.1) is 10.2 Å². The Kier molecular flexibility index (Phi) is 4.01. The van der Waals surface area contributed by atoms with Crippen molar-refractivity contribution in [1.29, 1.82) is 0 Å². The Morgan fingerprint density at radius 1 is 1.12 bits per heavy atom. The van der Waals surface area contributed by atoms with Gasteiger partial charge in [0.15, 0.2) is 5.69 Å². The Balaban J connectivity index is 1.77. The fourth-order valence-electron chi connectivity index (χ4n) is 2.99. The zero-order chi connectivity index (χ0) is 17.4. The van der Waals surface area contributed by atoms with Gasteiger partial charge in [-0.2, -0.15) is 0 Å². The Morgan fingerprint density at radius 3 is 2.56 bits per heavy atom. The summed E-state index contributed by atoms with van der Waals surface area (Å²) in [5.41, 5.74) is 9.33. The number of halogens is 1. The lowest BCUT2D eigenvalue weighted by Crippen LogP contribution is -2.40. The molecule has 0 aliphatic heterocycles. The number of fused-ring (bicyclic) bond motifs is 1. The summed E-state index contributed by atoms with van der Waals surface area (Å²) in [7, 11) is 0. The summed E-state index contributed by atoms with van der Waals surface area (Å²) in [6.07, 6.45) is 3.16. The van der Waals surface area contributed by atoms with Crippen LogP contribution in [0.25, 0.3) is 22.0 Å². The number of rotatable bonds is 3. The number of hydrogen-bond acceptors (Lipinski definition) is 4. The molecule has 1 aliphatic rings. The molecular formula is C19H17ClN4O. The third kappa shape index (κ3) is 2.91. The zero-order valence-corrected chi connectivity index (χ0v) is 14.3. The van der Waals surface area contributed by atoms with E-state index in [0.717, 1.165) is 35.8 Å². The van der Waals surface area contributed by atoms with Crippen molar-refractivity contribution in [2.75, 3.05) is 5.73 Å². The maximum Gasteiger partial charge on any atom is 0.274 e. The maximum absolute atomic E-state index is 12.4. The predicted molar refractivity (Wildman–Crippen MR) is 99.5 cm³/mol. The minimum absolute atomic E-state index is 0.188. The van der Waals surface area contributed by atoms with Crippen molar-refractivity contribution in [3.05, 3.63) is 53.2 Å². The van der Waals surface area contributed by atoms with Crippen LogP contribution in [-0.4, -0.2) is 22.1 Å². The highest BCUT2D eigenvalue weighted by molar-refractivity contribution is 6.30. The topological polar surface area (TPSA) is 80.9 Å². The summed E-state index contributed by atoms with van der Waals surface area (Å²) in [4.78, 5) is 12.4. The quantitative estimate of drug-likeness (QED) is 0.751. The van der Waals surface area contributed by atoms with E-state index in [1.54, 1.807) is 0 Å². The van der Waals surface area contributed by atoms with Gasteiger partial charge in [-0.1, -0.05) is 41.9 Å². The molecule has 2 aromatic carbocycles. The Bertz CT molecular complexity index is 952. The van der Waals surface area contributed by atoms with Crippen molar-refractivity contribution in [1.82, 2.24) is 15.5 Å². The summed E-state index contributed by atoms with van der Waals surface area (Å²) in [6, 6.07) is 13.4. The van der Waals surface area contributed by atoms with Crippen LogP contribution in [0.15, 0.2) is 42.5 Å². The number of nitrogen functional groups attached to an aromatic ring is 1. The maximum atomic E-state index is 12.4. The number of carbonyl (C=O) groups excluding carboxylic acids is 1. The Hall–Kier alpha value is -2.66. The fourth-order valence-corrected chi connectivity index (χ4v) is 3.11. The number of nitrogens with zero attached hydrogens (tertiary/aromatic N) is 2. The summed E-state index contributed by atoms with van der Waals surface area (Å²) in [5.74, 6) is -0.256. The van der Waals surface area contributed by atoms with E-state index in [0.29, 0.717) is 16.2 Å². The molecular weight excluding hydrogens is 336 g/mol. The Morgan fingerprint density at radius 2 is 1.88 bits per heavy atom. The molecule has 0 bridgehead atoms. The van der Waals surface area contributed by atoms with Gasteiger partial charge >= 0.3 is 0 Å². The second-order valence-corrected chi connectivity index (χ2v) is 6.71. The van der Waals surface area contributed by atoms with E-state index in [4.69, 9.17) is 17.3 Å². The van der Waals surface area contributed by atoms with Crippen molar-refractivity contribution in [2.45, 2.75) is 25.3 Å². The normalized spacial score (nSPS) is 14.3. The first kappa shape index (κ1) is 15.8. The highest BCUT2D eigenvalue weighted by Gasteiger charge is 2.23. The van der Waals surface area contributed by atoms with Gasteiger partial charge < -0.3 is 11.1 Å². The first-order valence-electron chi connectivity index (χ1n) is 8.25. The van der Waals surface area contributed by atoms with Crippen LogP contribution in [0, 0.1) is 0 Å². The molecule has 0 spiro atoms. The number of benzene rings is 2. The van der Waals surface area contributed by atoms with E-state index in [1.807, 2.05) is 42.5 Å². The summed E-state index contributed by atoms with van der Waals surface area (Å²) in [5, 5.41) is 12.7. The average molecular weight is 353 g/mol. The molecule has 1 saturated carbocycles. The van der Waals surface area contributed by atoms with Gasteiger partial charge in [0.25, 0.3) is 5.91 Å². The van der Waals surface area contributed by atoms with E-state index in [-0.39, 0.29) is 17.6 Å². The van der Waals surface area contributed by atoms with Crippen molar-refractivity contribution >= 4 is 34.1 Å². The SMILES string of the molecule is Nc1c(C(=O)NC2CCC2)nnc2c(-c3ccc(Cl)cc3)cccc12. The van der Waals surface area contributed by atoms with Gasteiger partial charge in [-0.25, -0.2) is 0 Å². The molecule has 3 aromatic rings. The van der Waals surface area contributed by atoms with E-state index < -0.39 is 0 Å². The average Bonchev–Trinajstić information content (AvgIpc) is 2.59. The van der Waals surface area contributed by atoms with E-state index >= 15 is 0 Å². The lowest BCUT2D eigenvalue weighted by atomic mass is 9.93. The smallest absolute Gasteiger partial charge is 0.274 e. The molecule has 1 aliphatic carbocycles. The van der Waals surface area contributed by atoms with Gasteiger partial charge in [-0.3, -0.25) is 4.79 Å². The molecule has 25 heavy (non-hydrogen) atoms. The molecule has 1 amide bonds. The number of anilines is 1. The molecule has 1 aromatic heterocycles. The minimum atomic E-state index is -0.256.